The van der Waals surface area contributed by atoms with E-state index in [9.17, 15) is 0 Å². The number of anilines is 3. The van der Waals surface area contributed by atoms with E-state index < -0.39 is 10.8 Å². The van der Waals surface area contributed by atoms with Gasteiger partial charge in [0.1, 0.15) is 23.0 Å². The Morgan fingerprint density at radius 1 is 0.275 bits per heavy atom. The first-order valence-electron chi connectivity index (χ1n) is 23.8. The number of rotatable bonds is 4. The van der Waals surface area contributed by atoms with Crippen LogP contribution in [-0.2, 0) is 10.8 Å². The van der Waals surface area contributed by atoms with Crippen LogP contribution < -0.4 is 14.4 Å². The van der Waals surface area contributed by atoms with Crippen LogP contribution in [-0.4, -0.2) is 0 Å². The number of fused-ring (bicyclic) bond motifs is 20. The quantitative estimate of drug-likeness (QED) is 0.176. The maximum absolute atomic E-state index is 6.77. The molecule has 4 aliphatic rings. The molecule has 0 aromatic heterocycles. The third-order valence-electron chi connectivity index (χ3n) is 15.4. The van der Waals surface area contributed by atoms with E-state index in [4.69, 9.17) is 9.47 Å². The summed E-state index contributed by atoms with van der Waals surface area (Å²) in [5, 5.41) is 2.36. The molecule has 0 unspecified atom stereocenters. The van der Waals surface area contributed by atoms with Crippen molar-refractivity contribution in [2.24, 2.45) is 0 Å². The Morgan fingerprint density at radius 3 is 1.32 bits per heavy atom. The van der Waals surface area contributed by atoms with Crippen LogP contribution in [0, 0.1) is 0 Å². The van der Waals surface area contributed by atoms with Gasteiger partial charge >= 0.3 is 0 Å². The zero-order valence-corrected chi connectivity index (χ0v) is 37.4. The molecule has 0 atom stereocenters. The van der Waals surface area contributed by atoms with Gasteiger partial charge in [0.25, 0.3) is 0 Å². The Hall–Kier alpha value is -8.92. The molecule has 0 saturated heterocycles. The van der Waals surface area contributed by atoms with Crippen molar-refractivity contribution < 1.29 is 9.47 Å². The van der Waals surface area contributed by atoms with Crippen molar-refractivity contribution in [2.75, 3.05) is 4.90 Å². The van der Waals surface area contributed by atoms with Gasteiger partial charge in [-0.05, 0) is 104 Å². The highest BCUT2D eigenvalue weighted by Gasteiger charge is 2.53. The lowest BCUT2D eigenvalue weighted by Crippen LogP contribution is -2.32. The van der Waals surface area contributed by atoms with Gasteiger partial charge in [-0.2, -0.15) is 0 Å². The minimum atomic E-state index is -0.632. The van der Waals surface area contributed by atoms with E-state index in [0.717, 1.165) is 78.8 Å². The Bertz CT molecular complexity index is 3850. The summed E-state index contributed by atoms with van der Waals surface area (Å²) < 4.78 is 13.5. The van der Waals surface area contributed by atoms with E-state index in [-0.39, 0.29) is 0 Å². The predicted molar refractivity (Wildman–Crippen MR) is 279 cm³/mol. The molecule has 0 fully saturated rings. The number of benzene rings is 11. The number of hydrogen-bond acceptors (Lipinski definition) is 3. The van der Waals surface area contributed by atoms with E-state index in [0.29, 0.717) is 0 Å². The second-order valence-corrected chi connectivity index (χ2v) is 18.6. The summed E-state index contributed by atoms with van der Waals surface area (Å²) in [4.78, 5) is 2.54. The van der Waals surface area contributed by atoms with Gasteiger partial charge in [-0.1, -0.05) is 200 Å². The fourth-order valence-electron chi connectivity index (χ4n) is 12.8. The van der Waals surface area contributed by atoms with Crippen molar-refractivity contribution in [3.63, 3.8) is 0 Å². The third-order valence-corrected chi connectivity index (χ3v) is 15.4. The van der Waals surface area contributed by atoms with Crippen LogP contribution in [0.25, 0.3) is 44.2 Å². The van der Waals surface area contributed by atoms with Crippen molar-refractivity contribution in [1.29, 1.82) is 0 Å². The minimum absolute atomic E-state index is 0.627. The highest BCUT2D eigenvalue weighted by molar-refractivity contribution is 6.10. The van der Waals surface area contributed by atoms with E-state index in [1.54, 1.807) is 0 Å². The molecule has 0 saturated carbocycles. The Kier molecular flexibility index (Phi) is 7.92. The molecule has 322 valence electrons. The van der Waals surface area contributed by atoms with E-state index >= 15 is 0 Å². The minimum Gasteiger partial charge on any atom is -0.457 e. The monoisotopic (exact) mass is 879 g/mol. The number of ether oxygens (including phenoxy) is 2. The van der Waals surface area contributed by atoms with Crippen LogP contribution in [0.4, 0.5) is 17.1 Å². The standard InChI is InChI=1S/C66H41NO2/c1-2-20-42(21-3-1)44-22-8-15-33-58(44)67(43-38-39-47-45-23-6-9-27-51(45)65(57(47)40-43)53-29-11-16-34-60(53)68-61-35-17-12-30-54(61)65)59-41-50-46-24-7-10-28-52(46)66(64(50)49-26-5-4-25-48(49)59)55-31-13-18-36-62(55)69-63-37-19-14-32-56(63)66/h1-41H. The Balaban J connectivity index is 1.07. The van der Waals surface area contributed by atoms with Gasteiger partial charge < -0.3 is 14.4 Å². The lowest BCUT2D eigenvalue weighted by Gasteiger charge is -2.40. The lowest BCUT2D eigenvalue weighted by atomic mass is 9.65. The zero-order chi connectivity index (χ0) is 45.3. The molecule has 2 heterocycles. The predicted octanol–water partition coefficient (Wildman–Crippen LogP) is 16.9. The third kappa shape index (κ3) is 5.01. The lowest BCUT2D eigenvalue weighted by molar-refractivity contribution is 0.436. The van der Waals surface area contributed by atoms with Gasteiger partial charge in [0.05, 0.1) is 22.2 Å². The van der Waals surface area contributed by atoms with Crippen LogP contribution in [0.15, 0.2) is 249 Å². The van der Waals surface area contributed by atoms with Crippen LogP contribution in [0.1, 0.15) is 44.5 Å². The van der Waals surface area contributed by atoms with Crippen LogP contribution in [0.3, 0.4) is 0 Å². The van der Waals surface area contributed by atoms with Crippen LogP contribution >= 0.6 is 0 Å². The van der Waals surface area contributed by atoms with Gasteiger partial charge in [0, 0.05) is 38.9 Å². The fraction of sp³-hybridized carbons (Fsp3) is 0.0303. The summed E-state index contributed by atoms with van der Waals surface area (Å²) >= 11 is 0. The maximum Gasteiger partial charge on any atom is 0.132 e. The molecule has 69 heavy (non-hydrogen) atoms. The normalized spacial score (nSPS) is 14.3. The average molecular weight is 880 g/mol. The van der Waals surface area contributed by atoms with E-state index in [1.807, 2.05) is 0 Å². The molecule has 2 aliphatic heterocycles. The van der Waals surface area contributed by atoms with Gasteiger partial charge in [0.2, 0.25) is 0 Å². The summed E-state index contributed by atoms with van der Waals surface area (Å²) in [6.45, 7) is 0. The van der Waals surface area contributed by atoms with Crippen LogP contribution in [0.2, 0.25) is 0 Å². The molecule has 2 aliphatic carbocycles. The highest BCUT2D eigenvalue weighted by Crippen LogP contribution is 2.66. The van der Waals surface area contributed by atoms with Crippen molar-refractivity contribution in [2.45, 2.75) is 10.8 Å². The first-order chi connectivity index (χ1) is 34.2. The molecule has 3 heteroatoms. The second kappa shape index (κ2) is 14.3. The zero-order valence-electron chi connectivity index (χ0n) is 37.4. The number of hydrogen-bond donors (Lipinski definition) is 0. The van der Waals surface area contributed by atoms with Crippen molar-refractivity contribution in [3.05, 3.63) is 293 Å². The van der Waals surface area contributed by atoms with Crippen molar-refractivity contribution in [3.8, 4) is 56.4 Å². The first kappa shape index (κ1) is 38.2. The SMILES string of the molecule is c1ccc(-c2ccccc2N(c2ccc3c(c2)C2(c4ccccc4Oc4ccccc42)c2ccccc2-3)c2cc3c(c4ccccc24)C2(c4ccccc4Oc4ccccc42)c2ccccc2-3)cc1. The largest absolute Gasteiger partial charge is 0.457 e. The molecule has 0 radical (unpaired) electrons. The second-order valence-electron chi connectivity index (χ2n) is 18.6. The van der Waals surface area contributed by atoms with Gasteiger partial charge in [-0.25, -0.2) is 0 Å². The molecule has 11 aromatic rings. The maximum atomic E-state index is 6.77. The number of nitrogens with zero attached hydrogens (tertiary/aromatic N) is 1. The molecule has 2 spiro atoms. The molecule has 0 N–H and O–H groups in total. The van der Waals surface area contributed by atoms with Gasteiger partial charge in [-0.15, -0.1) is 0 Å². The van der Waals surface area contributed by atoms with Gasteiger partial charge in [0.15, 0.2) is 0 Å². The Labute approximate surface area is 400 Å². The Morgan fingerprint density at radius 2 is 0.710 bits per heavy atom. The van der Waals surface area contributed by atoms with Gasteiger partial charge in [-0.3, -0.25) is 0 Å². The average Bonchev–Trinajstić information content (AvgIpc) is 3.87. The molecular weight excluding hydrogens is 839 g/mol. The molecule has 3 nitrogen and oxygen atoms in total. The van der Waals surface area contributed by atoms with Crippen LogP contribution in [0.5, 0.6) is 23.0 Å². The smallest absolute Gasteiger partial charge is 0.132 e. The van der Waals surface area contributed by atoms with Crippen molar-refractivity contribution in [1.82, 2.24) is 0 Å². The fourth-order valence-corrected chi connectivity index (χ4v) is 12.8. The van der Waals surface area contributed by atoms with E-state index in [1.165, 1.54) is 49.9 Å². The molecule has 0 amide bonds. The molecular formula is C66H41NO2. The summed E-state index contributed by atoms with van der Waals surface area (Å²) in [5.74, 6) is 3.53. The molecule has 0 bridgehead atoms. The first-order valence-corrected chi connectivity index (χ1v) is 23.8. The molecule has 11 aromatic carbocycles. The van der Waals surface area contributed by atoms with E-state index in [2.05, 4.69) is 254 Å². The summed E-state index contributed by atoms with van der Waals surface area (Å²) in [6.07, 6.45) is 0. The topological polar surface area (TPSA) is 21.7 Å². The summed E-state index contributed by atoms with van der Waals surface area (Å²) in [6, 6.07) is 91.0. The molecule has 15 rings (SSSR count). The summed E-state index contributed by atoms with van der Waals surface area (Å²) in [7, 11) is 0. The highest BCUT2D eigenvalue weighted by atomic mass is 16.5. The summed E-state index contributed by atoms with van der Waals surface area (Å²) in [5.41, 5.74) is 18.8. The number of para-hydroxylation sites is 5. The van der Waals surface area contributed by atoms with Crippen molar-refractivity contribution >= 4 is 27.8 Å².